The number of phosphoric acid groups is 2. The van der Waals surface area contributed by atoms with Crippen molar-refractivity contribution in [2.75, 3.05) is 39.6 Å². The average Bonchev–Trinajstić information content (AvgIpc) is 0.926. The van der Waals surface area contributed by atoms with Gasteiger partial charge in [0.05, 0.1) is 26.4 Å². The lowest BCUT2D eigenvalue weighted by Gasteiger charge is -2.21. The van der Waals surface area contributed by atoms with Crippen LogP contribution in [-0.2, 0) is 65.4 Å². The second-order valence-electron chi connectivity index (χ2n) is 26.6. The van der Waals surface area contributed by atoms with Crippen molar-refractivity contribution >= 4 is 39.5 Å². The molecule has 0 fully saturated rings. The van der Waals surface area contributed by atoms with Gasteiger partial charge in [-0.2, -0.15) is 0 Å². The number of carbonyl (C=O) groups is 4. The van der Waals surface area contributed by atoms with Crippen molar-refractivity contribution < 1.29 is 80.2 Å². The summed E-state index contributed by atoms with van der Waals surface area (Å²) in [7, 11) is -9.98. The molecule has 0 amide bonds. The van der Waals surface area contributed by atoms with Crippen molar-refractivity contribution in [1.29, 1.82) is 0 Å². The molecule has 19 heteroatoms. The normalized spacial score (nSPS) is 14.6. The number of hydrogen-bond donors (Lipinski definition) is 3. The van der Waals surface area contributed by atoms with E-state index in [0.29, 0.717) is 25.7 Å². The van der Waals surface area contributed by atoms with Gasteiger partial charge in [0.15, 0.2) is 12.2 Å². The Morgan fingerprint density at radius 1 is 0.279 bits per heavy atom. The van der Waals surface area contributed by atoms with Crippen molar-refractivity contribution in [3.8, 4) is 0 Å². The van der Waals surface area contributed by atoms with Crippen LogP contribution in [-0.4, -0.2) is 96.7 Å². The monoisotopic (exact) mass is 1500 g/mol. The molecule has 3 N–H and O–H groups in total. The zero-order valence-corrected chi connectivity index (χ0v) is 66.9. The first kappa shape index (κ1) is 99.2. The van der Waals surface area contributed by atoms with Gasteiger partial charge in [0, 0.05) is 25.7 Å². The van der Waals surface area contributed by atoms with Crippen molar-refractivity contribution in [3.63, 3.8) is 0 Å². The van der Waals surface area contributed by atoms with Gasteiger partial charge in [-0.25, -0.2) is 9.13 Å². The molecule has 0 rings (SSSR count). The second kappa shape index (κ2) is 76.4. The average molecular weight is 1500 g/mol. The molecule has 2 unspecified atom stereocenters. The lowest BCUT2D eigenvalue weighted by atomic mass is 10.0. The van der Waals surface area contributed by atoms with Crippen LogP contribution < -0.4 is 0 Å². The molecule has 0 aromatic carbocycles. The van der Waals surface area contributed by atoms with Crippen LogP contribution in [0, 0.1) is 0 Å². The lowest BCUT2D eigenvalue weighted by molar-refractivity contribution is -0.161. The van der Waals surface area contributed by atoms with E-state index in [4.69, 9.17) is 37.0 Å². The fourth-order valence-electron chi connectivity index (χ4n) is 10.5. The van der Waals surface area contributed by atoms with Crippen molar-refractivity contribution in [3.05, 3.63) is 134 Å². The van der Waals surface area contributed by atoms with Gasteiger partial charge in [-0.15, -0.1) is 0 Å². The minimum absolute atomic E-state index is 0.0515. The number of hydrogen-bond acceptors (Lipinski definition) is 15. The second-order valence-corrected chi connectivity index (χ2v) is 29.5. The predicted molar refractivity (Wildman–Crippen MR) is 427 cm³/mol. The molecule has 0 heterocycles. The maximum Gasteiger partial charge on any atom is 0.472 e. The van der Waals surface area contributed by atoms with Gasteiger partial charge in [0.1, 0.15) is 19.3 Å². The summed E-state index contributed by atoms with van der Waals surface area (Å²) in [4.78, 5) is 73.0. The first-order chi connectivity index (χ1) is 50.7. The standard InChI is InChI=1S/C85H144O17P2/c1-5-9-13-17-21-25-29-33-35-37-39-41-43-47-50-54-58-62-66-70-83(88)96-76-80(101-84(89)71-67-63-59-55-51-46-32-28-24-20-16-12-8-4)77-99-103(91,92)97-73-79(86)74-98-104(93,94)100-78-81(75-95-82(87)69-65-61-57-53-49-45-31-27-23-19-15-11-7-3)102-85(90)72-68-64-60-56-52-48-44-42-40-38-36-34-30-26-22-18-14-10-6-2/h9-10,13-14,21-22,25-27,31,33-36,39-42,47-48,50,52,79-81,86H,5-8,11-12,15-20,23-24,28-30,32,37-38,43-46,49,51,53-78H2,1-4H3,(H,91,92)(H,93,94)/b13-9-,14-10-,25-21-,26-22-,31-27-,35-33-,36-34-,41-39-,42-40-,50-47-,52-48-/t79-,80-,81-/m1/s1. The summed E-state index contributed by atoms with van der Waals surface area (Å²) in [6, 6.07) is 0. The molecule has 0 spiro atoms. The van der Waals surface area contributed by atoms with E-state index in [0.717, 1.165) is 167 Å². The molecule has 17 nitrogen and oxygen atoms in total. The highest BCUT2D eigenvalue weighted by atomic mass is 31.2. The number of aliphatic hydroxyl groups excluding tert-OH is 1. The van der Waals surface area contributed by atoms with Gasteiger partial charge in [-0.1, -0.05) is 290 Å². The molecule has 0 saturated heterocycles. The van der Waals surface area contributed by atoms with Gasteiger partial charge in [0.25, 0.3) is 0 Å². The van der Waals surface area contributed by atoms with Gasteiger partial charge < -0.3 is 33.8 Å². The van der Waals surface area contributed by atoms with E-state index in [1.165, 1.54) is 77.0 Å². The maximum atomic E-state index is 13.1. The molecule has 596 valence electrons. The Morgan fingerprint density at radius 2 is 0.500 bits per heavy atom. The Labute approximate surface area is 631 Å². The number of allylic oxidation sites excluding steroid dienone is 22. The summed E-state index contributed by atoms with van der Waals surface area (Å²) < 4.78 is 68.6. The molecular weight excluding hydrogens is 1350 g/mol. The Morgan fingerprint density at radius 3 is 0.798 bits per heavy atom. The molecule has 0 aromatic rings. The van der Waals surface area contributed by atoms with Crippen LogP contribution in [0.2, 0.25) is 0 Å². The first-order valence-corrected chi connectivity index (χ1v) is 43.4. The number of aliphatic hydroxyl groups is 1. The minimum atomic E-state index is -4.99. The van der Waals surface area contributed by atoms with Crippen LogP contribution in [0.25, 0.3) is 0 Å². The molecule has 5 atom stereocenters. The number of phosphoric ester groups is 2. The molecular formula is C85H144O17P2. The van der Waals surface area contributed by atoms with E-state index < -0.39 is 97.5 Å². The molecule has 0 aliphatic rings. The fraction of sp³-hybridized carbons (Fsp3) is 0.694. The highest BCUT2D eigenvalue weighted by Crippen LogP contribution is 2.45. The summed E-state index contributed by atoms with van der Waals surface area (Å²) in [5.74, 6) is -2.25. The first-order valence-electron chi connectivity index (χ1n) is 40.4. The molecule has 0 saturated carbocycles. The van der Waals surface area contributed by atoms with Crippen LogP contribution in [0.15, 0.2) is 134 Å². The summed E-state index contributed by atoms with van der Waals surface area (Å²) in [6.07, 6.45) is 85.7. The van der Waals surface area contributed by atoms with Gasteiger partial charge >= 0.3 is 39.5 Å². The molecule has 0 radical (unpaired) electrons. The quantitative estimate of drug-likeness (QED) is 0.0169. The van der Waals surface area contributed by atoms with Crippen LogP contribution in [0.1, 0.15) is 323 Å². The van der Waals surface area contributed by atoms with Crippen molar-refractivity contribution in [2.24, 2.45) is 0 Å². The van der Waals surface area contributed by atoms with Crippen molar-refractivity contribution in [2.45, 2.75) is 341 Å². The zero-order valence-electron chi connectivity index (χ0n) is 65.2. The number of esters is 4. The third-order valence-electron chi connectivity index (χ3n) is 16.6. The third kappa shape index (κ3) is 75.4. The predicted octanol–water partition coefficient (Wildman–Crippen LogP) is 23.7. The highest BCUT2D eigenvalue weighted by molar-refractivity contribution is 7.47. The van der Waals surface area contributed by atoms with Crippen LogP contribution in [0.5, 0.6) is 0 Å². The molecule has 0 aromatic heterocycles. The Hall–Kier alpha value is -4.80. The lowest BCUT2D eigenvalue weighted by Crippen LogP contribution is -2.30. The largest absolute Gasteiger partial charge is 0.472 e. The highest BCUT2D eigenvalue weighted by Gasteiger charge is 2.30. The van der Waals surface area contributed by atoms with E-state index in [1.54, 1.807) is 0 Å². The van der Waals surface area contributed by atoms with Crippen molar-refractivity contribution in [1.82, 2.24) is 0 Å². The van der Waals surface area contributed by atoms with Gasteiger partial charge in [-0.3, -0.25) is 37.3 Å². The van der Waals surface area contributed by atoms with E-state index in [-0.39, 0.29) is 25.7 Å². The molecule has 0 aliphatic heterocycles. The fourth-order valence-corrected chi connectivity index (χ4v) is 12.1. The summed E-state index contributed by atoms with van der Waals surface area (Å²) >= 11 is 0. The number of unbranched alkanes of at least 4 members (excludes halogenated alkanes) is 27. The summed E-state index contributed by atoms with van der Waals surface area (Å²) in [5, 5.41) is 10.6. The number of rotatable bonds is 75. The number of carbonyl (C=O) groups excluding carboxylic acids is 4. The van der Waals surface area contributed by atoms with E-state index in [9.17, 15) is 43.2 Å². The molecule has 104 heavy (non-hydrogen) atoms. The van der Waals surface area contributed by atoms with Crippen LogP contribution in [0.3, 0.4) is 0 Å². The van der Waals surface area contributed by atoms with Crippen LogP contribution in [0.4, 0.5) is 0 Å². The van der Waals surface area contributed by atoms with Gasteiger partial charge in [-0.05, 0) is 141 Å². The summed E-state index contributed by atoms with van der Waals surface area (Å²) in [6.45, 7) is 4.57. The molecule has 0 bridgehead atoms. The van der Waals surface area contributed by atoms with E-state index >= 15 is 0 Å². The Balaban J connectivity index is 5.41. The smallest absolute Gasteiger partial charge is 0.462 e. The molecule has 0 aliphatic carbocycles. The Kier molecular flexibility index (Phi) is 72.9. The third-order valence-corrected chi connectivity index (χ3v) is 18.5. The van der Waals surface area contributed by atoms with E-state index in [2.05, 4.69) is 161 Å². The topological polar surface area (TPSA) is 237 Å². The van der Waals surface area contributed by atoms with Crippen LogP contribution >= 0.6 is 15.6 Å². The zero-order chi connectivity index (χ0) is 76.0. The maximum absolute atomic E-state index is 13.1. The summed E-state index contributed by atoms with van der Waals surface area (Å²) in [5.41, 5.74) is 0. The van der Waals surface area contributed by atoms with E-state index in [1.807, 2.05) is 0 Å². The van der Waals surface area contributed by atoms with Gasteiger partial charge in [0.2, 0.25) is 0 Å². The minimum Gasteiger partial charge on any atom is -0.462 e. The Bertz CT molecular complexity index is 2490. The number of ether oxygens (including phenoxy) is 4. The SMILES string of the molecule is CC/C=C\C/C=C\C/C=C\C/C=C\C/C=C\CCCCCC(=O)OC[C@H](COP(=O)(O)OC[C@@H](O)COP(=O)(O)OC[C@@H](COC(=O)CCCCCCC/C=C\CCCCCC)OC(=O)CCCCC/C=C\C/C=C\C/C=C\C/C=C\C/C=C\CC)OC(=O)CCCCCCCCCCCCCCC.